The highest BCUT2D eigenvalue weighted by atomic mass is 32.2. The summed E-state index contributed by atoms with van der Waals surface area (Å²) in [5.41, 5.74) is 2.06. The van der Waals surface area contributed by atoms with E-state index in [-0.39, 0.29) is 11.7 Å². The first-order valence-corrected chi connectivity index (χ1v) is 6.90. The van der Waals surface area contributed by atoms with Crippen molar-refractivity contribution in [2.24, 2.45) is 5.84 Å². The number of hydrazine groups is 1. The van der Waals surface area contributed by atoms with E-state index in [0.717, 1.165) is 4.90 Å². The molecule has 0 aliphatic heterocycles. The second-order valence-corrected chi connectivity index (χ2v) is 4.66. The number of nitrogen functional groups attached to an aromatic ring is 1. The largest absolute Gasteiger partial charge is 0.451 e. The highest BCUT2D eigenvalue weighted by molar-refractivity contribution is 7.98. The smallest absolute Gasteiger partial charge is 0.438 e. The molecule has 21 heavy (non-hydrogen) atoms. The van der Waals surface area contributed by atoms with Gasteiger partial charge in [-0.05, 0) is 18.4 Å². The maximum Gasteiger partial charge on any atom is 0.451 e. The number of hydrogen-bond acceptors (Lipinski definition) is 6. The number of thioether (sulfide) groups is 1. The van der Waals surface area contributed by atoms with Crippen molar-refractivity contribution >= 4 is 17.6 Å². The highest BCUT2D eigenvalue weighted by Gasteiger charge is 2.35. The van der Waals surface area contributed by atoms with Gasteiger partial charge in [0.05, 0.1) is 0 Å². The Morgan fingerprint density at radius 3 is 2.57 bits per heavy atom. The van der Waals surface area contributed by atoms with Crippen molar-refractivity contribution in [2.45, 2.75) is 11.1 Å². The van der Waals surface area contributed by atoms with Crippen LogP contribution in [-0.2, 0) is 6.18 Å². The Bertz CT molecular complexity index is 636. The van der Waals surface area contributed by atoms with E-state index < -0.39 is 12.0 Å². The molecule has 3 N–H and O–H groups in total. The normalized spacial score (nSPS) is 11.3. The molecule has 9 heteroatoms. The first kappa shape index (κ1) is 15.4. The number of halogens is 3. The zero-order valence-corrected chi connectivity index (χ0v) is 11.6. The van der Waals surface area contributed by atoms with Gasteiger partial charge in [-0.1, -0.05) is 12.1 Å². The van der Waals surface area contributed by atoms with E-state index in [9.17, 15) is 13.2 Å². The fraction of sp³-hybridized carbons (Fsp3) is 0.167. The molecule has 0 unspecified atom stereocenters. The molecule has 2 aromatic rings. The number of nitrogens with one attached hydrogen (secondary N) is 1. The minimum Gasteiger partial charge on any atom is -0.438 e. The summed E-state index contributed by atoms with van der Waals surface area (Å²) in [6, 6.07) is 8.12. The Kier molecular flexibility index (Phi) is 4.53. The summed E-state index contributed by atoms with van der Waals surface area (Å²) in [6.45, 7) is 0. The number of para-hydroxylation sites is 1. The molecule has 0 bridgehead atoms. The van der Waals surface area contributed by atoms with Gasteiger partial charge in [0.25, 0.3) is 0 Å². The third-order valence-electron chi connectivity index (χ3n) is 2.39. The molecular formula is C12H11F3N4OS. The number of benzene rings is 1. The van der Waals surface area contributed by atoms with E-state index >= 15 is 0 Å². The molecule has 1 aromatic heterocycles. The van der Waals surface area contributed by atoms with Crippen molar-refractivity contribution < 1.29 is 17.9 Å². The van der Waals surface area contributed by atoms with Crippen LogP contribution in [0, 0.1) is 0 Å². The van der Waals surface area contributed by atoms with E-state index in [2.05, 4.69) is 15.4 Å². The maximum atomic E-state index is 12.7. The van der Waals surface area contributed by atoms with Crippen LogP contribution in [0.4, 0.5) is 19.0 Å². The molecule has 0 amide bonds. The van der Waals surface area contributed by atoms with Crippen molar-refractivity contribution in [1.82, 2.24) is 9.97 Å². The van der Waals surface area contributed by atoms with Crippen LogP contribution in [0.2, 0.25) is 0 Å². The lowest BCUT2D eigenvalue weighted by molar-refractivity contribution is -0.145. The van der Waals surface area contributed by atoms with Crippen LogP contribution in [0.25, 0.3) is 0 Å². The number of nitrogens with two attached hydrogens (primary N) is 1. The number of ether oxygens (including phenoxy) is 1. The van der Waals surface area contributed by atoms with Crippen LogP contribution in [0.1, 0.15) is 5.82 Å². The summed E-state index contributed by atoms with van der Waals surface area (Å²) in [4.78, 5) is 7.38. The maximum absolute atomic E-state index is 12.7. The predicted octanol–water partition coefficient (Wildman–Crippen LogP) is 3.30. The fourth-order valence-electron chi connectivity index (χ4n) is 1.49. The number of alkyl halides is 3. The van der Waals surface area contributed by atoms with Gasteiger partial charge in [-0.3, -0.25) is 0 Å². The molecule has 2 rings (SSSR count). The minimum absolute atomic E-state index is 0.186. The zero-order chi connectivity index (χ0) is 15.5. The van der Waals surface area contributed by atoms with Crippen LogP contribution >= 0.6 is 11.8 Å². The first-order chi connectivity index (χ1) is 9.94. The van der Waals surface area contributed by atoms with Gasteiger partial charge in [0.15, 0.2) is 0 Å². The van der Waals surface area contributed by atoms with Crippen molar-refractivity contribution in [1.29, 1.82) is 0 Å². The SMILES string of the molecule is CSc1ccccc1Oc1cc(NN)nc(C(F)(F)F)n1. The summed E-state index contributed by atoms with van der Waals surface area (Å²) in [6.07, 6.45) is -2.86. The summed E-state index contributed by atoms with van der Waals surface area (Å²) < 4.78 is 43.6. The Morgan fingerprint density at radius 1 is 1.24 bits per heavy atom. The molecule has 0 fully saturated rings. The lowest BCUT2D eigenvalue weighted by Gasteiger charge is -2.12. The van der Waals surface area contributed by atoms with Crippen LogP contribution < -0.4 is 16.0 Å². The molecule has 0 aliphatic rings. The Morgan fingerprint density at radius 2 is 1.95 bits per heavy atom. The van der Waals surface area contributed by atoms with Crippen LogP contribution in [0.5, 0.6) is 11.6 Å². The topological polar surface area (TPSA) is 73.1 Å². The molecule has 1 heterocycles. The first-order valence-electron chi connectivity index (χ1n) is 5.68. The van der Waals surface area contributed by atoms with Crippen LogP contribution in [0.15, 0.2) is 35.2 Å². The van der Waals surface area contributed by atoms with Gasteiger partial charge in [0, 0.05) is 11.0 Å². The van der Waals surface area contributed by atoms with Gasteiger partial charge in [0.1, 0.15) is 11.6 Å². The number of hydrogen-bond donors (Lipinski definition) is 2. The molecule has 0 atom stereocenters. The lowest BCUT2D eigenvalue weighted by atomic mass is 10.3. The zero-order valence-electron chi connectivity index (χ0n) is 10.8. The number of rotatable bonds is 4. The molecule has 112 valence electrons. The molecule has 0 saturated carbocycles. The summed E-state index contributed by atoms with van der Waals surface area (Å²) in [7, 11) is 0. The fourth-order valence-corrected chi connectivity index (χ4v) is 2.02. The number of aromatic nitrogens is 2. The predicted molar refractivity (Wildman–Crippen MR) is 73.1 cm³/mol. The Hall–Kier alpha value is -2.00. The third-order valence-corrected chi connectivity index (χ3v) is 3.16. The van der Waals surface area contributed by atoms with Gasteiger partial charge in [-0.15, -0.1) is 11.8 Å². The average Bonchev–Trinajstić information content (AvgIpc) is 2.46. The van der Waals surface area contributed by atoms with E-state index in [1.54, 1.807) is 24.3 Å². The highest BCUT2D eigenvalue weighted by Crippen LogP contribution is 2.33. The van der Waals surface area contributed by atoms with E-state index in [1.807, 2.05) is 6.26 Å². The minimum atomic E-state index is -4.69. The molecule has 0 aliphatic carbocycles. The van der Waals surface area contributed by atoms with Gasteiger partial charge in [-0.2, -0.15) is 18.2 Å². The monoisotopic (exact) mass is 316 g/mol. The van der Waals surface area contributed by atoms with Gasteiger partial charge in [0.2, 0.25) is 11.7 Å². The Labute approximate surface area is 122 Å². The summed E-state index contributed by atoms with van der Waals surface area (Å²) >= 11 is 1.40. The standard InChI is InChI=1S/C12H11F3N4OS/c1-21-8-5-3-2-4-7(8)20-10-6-9(19-16)17-11(18-10)12(13,14)15/h2-6H,16H2,1H3,(H,17,18,19). The quantitative estimate of drug-likeness (QED) is 0.512. The summed E-state index contributed by atoms with van der Waals surface area (Å²) in [5, 5.41) is 0. The van der Waals surface area contributed by atoms with Gasteiger partial charge >= 0.3 is 6.18 Å². The van der Waals surface area contributed by atoms with E-state index in [4.69, 9.17) is 10.6 Å². The number of anilines is 1. The molecule has 0 spiro atoms. The van der Waals surface area contributed by atoms with Crippen LogP contribution in [-0.4, -0.2) is 16.2 Å². The average molecular weight is 316 g/mol. The van der Waals surface area contributed by atoms with Gasteiger partial charge in [-0.25, -0.2) is 10.8 Å². The molecule has 1 aromatic carbocycles. The third kappa shape index (κ3) is 3.76. The molecule has 0 saturated heterocycles. The Balaban J connectivity index is 2.39. The van der Waals surface area contributed by atoms with E-state index in [0.29, 0.717) is 5.75 Å². The van der Waals surface area contributed by atoms with Crippen molar-refractivity contribution in [3.63, 3.8) is 0 Å². The van der Waals surface area contributed by atoms with E-state index in [1.165, 1.54) is 17.8 Å². The van der Waals surface area contributed by atoms with Crippen LogP contribution in [0.3, 0.4) is 0 Å². The lowest BCUT2D eigenvalue weighted by Crippen LogP contribution is -2.16. The van der Waals surface area contributed by atoms with Crippen molar-refractivity contribution in [2.75, 3.05) is 11.7 Å². The molecule has 0 radical (unpaired) electrons. The second kappa shape index (κ2) is 6.19. The number of nitrogens with zero attached hydrogens (tertiary/aromatic N) is 2. The molecular weight excluding hydrogens is 305 g/mol. The second-order valence-electron chi connectivity index (χ2n) is 3.81. The van der Waals surface area contributed by atoms with Gasteiger partial charge < -0.3 is 10.2 Å². The van der Waals surface area contributed by atoms with Crippen molar-refractivity contribution in [3.05, 3.63) is 36.2 Å². The van der Waals surface area contributed by atoms with Crippen molar-refractivity contribution in [3.8, 4) is 11.6 Å². The molecule has 5 nitrogen and oxygen atoms in total. The summed E-state index contributed by atoms with van der Waals surface area (Å²) in [5.74, 6) is 3.76.